The largest absolute Gasteiger partial charge is 0.341 e. The van der Waals surface area contributed by atoms with Crippen LogP contribution in [0.4, 0.5) is 14.7 Å². The van der Waals surface area contributed by atoms with Crippen molar-refractivity contribution in [2.45, 2.75) is 60.2 Å². The van der Waals surface area contributed by atoms with Gasteiger partial charge < -0.3 is 4.90 Å². The van der Waals surface area contributed by atoms with Gasteiger partial charge in [-0.3, -0.25) is 4.57 Å². The third-order valence-corrected chi connectivity index (χ3v) is 7.89. The molecule has 4 rings (SSSR count). The van der Waals surface area contributed by atoms with Gasteiger partial charge in [-0.1, -0.05) is 30.8 Å². The van der Waals surface area contributed by atoms with E-state index >= 15 is 0 Å². The predicted octanol–water partition coefficient (Wildman–Crippen LogP) is 4.14. The van der Waals surface area contributed by atoms with E-state index in [9.17, 15) is 17.2 Å². The molecule has 1 aliphatic carbocycles. The van der Waals surface area contributed by atoms with Crippen LogP contribution in [0.1, 0.15) is 44.2 Å². The molecule has 0 radical (unpaired) electrons. The summed E-state index contributed by atoms with van der Waals surface area (Å²) >= 11 is 1.54. The Bertz CT molecular complexity index is 951. The summed E-state index contributed by atoms with van der Waals surface area (Å²) in [5.41, 5.74) is 0.849. The lowest BCUT2D eigenvalue weighted by Gasteiger charge is -2.31. The molecule has 2 fully saturated rings. The molecule has 0 spiro atoms. The van der Waals surface area contributed by atoms with E-state index < -0.39 is 15.6 Å². The molecule has 0 amide bonds. The van der Waals surface area contributed by atoms with E-state index in [4.69, 9.17) is 0 Å². The van der Waals surface area contributed by atoms with E-state index in [0.717, 1.165) is 61.4 Å². The maximum atomic E-state index is 12.7. The summed E-state index contributed by atoms with van der Waals surface area (Å²) in [6.07, 6.45) is 4.58. The molecule has 1 aromatic heterocycles. The van der Waals surface area contributed by atoms with E-state index in [2.05, 4.69) is 26.6 Å². The smallest absolute Gasteiger partial charge is 0.341 e. The average molecular weight is 443 g/mol. The fourth-order valence-corrected chi connectivity index (χ4v) is 5.15. The monoisotopic (exact) mass is 442 g/mol. The number of benzene rings is 1. The van der Waals surface area contributed by atoms with Crippen molar-refractivity contribution in [1.82, 2.24) is 14.8 Å². The Labute approximate surface area is 173 Å². The maximum Gasteiger partial charge on any atom is 0.341 e. The number of aromatic nitrogens is 3. The van der Waals surface area contributed by atoms with Gasteiger partial charge in [0.25, 0.3) is 0 Å². The molecule has 0 N–H and O–H groups in total. The summed E-state index contributed by atoms with van der Waals surface area (Å²) in [6, 6.07) is 6.08. The topological polar surface area (TPSA) is 68.1 Å². The zero-order chi connectivity index (χ0) is 20.6. The first kappa shape index (κ1) is 20.6. The van der Waals surface area contributed by atoms with Crippen LogP contribution in [0.3, 0.4) is 0 Å². The lowest BCUT2D eigenvalue weighted by atomic mass is 10.00. The summed E-state index contributed by atoms with van der Waals surface area (Å²) in [6.45, 7) is 4.27. The van der Waals surface area contributed by atoms with Gasteiger partial charge in [-0.15, -0.1) is 10.2 Å². The molecule has 0 bridgehead atoms. The summed E-state index contributed by atoms with van der Waals surface area (Å²) in [5, 5.41) is 9.72. The van der Waals surface area contributed by atoms with Crippen molar-refractivity contribution in [3.63, 3.8) is 0 Å². The van der Waals surface area contributed by atoms with Crippen molar-refractivity contribution in [2.24, 2.45) is 5.92 Å². The van der Waals surface area contributed by atoms with Crippen LogP contribution in [0.2, 0.25) is 0 Å². The fourth-order valence-electron chi connectivity index (χ4n) is 3.47. The summed E-state index contributed by atoms with van der Waals surface area (Å²) in [7, 11) is -4.56. The van der Waals surface area contributed by atoms with Crippen LogP contribution in [-0.4, -0.2) is 42.0 Å². The number of hydrogen-bond acceptors (Lipinski definition) is 6. The molecule has 2 aliphatic rings. The highest BCUT2D eigenvalue weighted by Crippen LogP contribution is 2.42. The molecule has 1 aliphatic heterocycles. The fraction of sp³-hybridized carbons (Fsp3) is 0.579. The zero-order valence-corrected chi connectivity index (χ0v) is 17.8. The van der Waals surface area contributed by atoms with Gasteiger partial charge in [-0.2, -0.15) is 8.78 Å². The molecule has 2 aromatic rings. The SMILES string of the molecule is CC1CCN(c2nnc(SCc3ccc(S(=O)(=O)C(F)F)cc3)n2C2CC2)CC1. The van der Waals surface area contributed by atoms with Crippen molar-refractivity contribution >= 4 is 27.5 Å². The van der Waals surface area contributed by atoms with Gasteiger partial charge in [0.15, 0.2) is 5.16 Å². The van der Waals surface area contributed by atoms with E-state index in [0.29, 0.717) is 11.8 Å². The molecule has 1 saturated heterocycles. The van der Waals surface area contributed by atoms with Crippen LogP contribution < -0.4 is 4.90 Å². The molecule has 1 saturated carbocycles. The Kier molecular flexibility index (Phi) is 5.83. The van der Waals surface area contributed by atoms with E-state index in [1.807, 2.05) is 0 Å². The lowest BCUT2D eigenvalue weighted by molar-refractivity contribution is 0.234. The molecule has 0 atom stereocenters. The van der Waals surface area contributed by atoms with Gasteiger partial charge >= 0.3 is 5.76 Å². The summed E-state index contributed by atoms with van der Waals surface area (Å²) in [5.74, 6) is -1.15. The van der Waals surface area contributed by atoms with Crippen LogP contribution in [0, 0.1) is 5.92 Å². The van der Waals surface area contributed by atoms with Crippen molar-refractivity contribution in [3.8, 4) is 0 Å². The molecule has 0 unspecified atom stereocenters. The minimum atomic E-state index is -4.56. The summed E-state index contributed by atoms with van der Waals surface area (Å²) < 4.78 is 50.6. The van der Waals surface area contributed by atoms with Crippen molar-refractivity contribution in [3.05, 3.63) is 29.8 Å². The van der Waals surface area contributed by atoms with Gasteiger partial charge in [0.1, 0.15) is 0 Å². The normalized spacial score (nSPS) is 18.6. The number of thioether (sulfide) groups is 1. The Hall–Kier alpha value is -1.68. The number of hydrogen-bond donors (Lipinski definition) is 0. The number of alkyl halides is 2. The molecule has 29 heavy (non-hydrogen) atoms. The number of anilines is 1. The second kappa shape index (κ2) is 8.22. The number of sulfone groups is 1. The first-order valence-electron chi connectivity index (χ1n) is 9.80. The highest BCUT2D eigenvalue weighted by molar-refractivity contribution is 7.98. The first-order valence-corrected chi connectivity index (χ1v) is 12.3. The Balaban J connectivity index is 1.46. The highest BCUT2D eigenvalue weighted by atomic mass is 32.2. The van der Waals surface area contributed by atoms with Crippen LogP contribution in [0.15, 0.2) is 34.3 Å². The minimum absolute atomic E-state index is 0.357. The lowest BCUT2D eigenvalue weighted by Crippen LogP contribution is -2.34. The molecular formula is C19H24F2N4O2S2. The van der Waals surface area contributed by atoms with Gasteiger partial charge in [0, 0.05) is 24.9 Å². The molecule has 10 heteroatoms. The van der Waals surface area contributed by atoms with Crippen molar-refractivity contribution in [2.75, 3.05) is 18.0 Å². The molecule has 6 nitrogen and oxygen atoms in total. The first-order chi connectivity index (χ1) is 13.9. The molecule has 1 aromatic carbocycles. The molecular weight excluding hydrogens is 418 g/mol. The van der Waals surface area contributed by atoms with Crippen LogP contribution in [0.25, 0.3) is 0 Å². The van der Waals surface area contributed by atoms with Crippen LogP contribution in [-0.2, 0) is 15.6 Å². The number of nitrogens with zero attached hydrogens (tertiary/aromatic N) is 4. The Morgan fingerprint density at radius 3 is 2.34 bits per heavy atom. The number of rotatable bonds is 7. The van der Waals surface area contributed by atoms with Gasteiger partial charge in [0.05, 0.1) is 4.90 Å². The number of piperidine rings is 1. The van der Waals surface area contributed by atoms with Crippen LogP contribution in [0.5, 0.6) is 0 Å². The minimum Gasteiger partial charge on any atom is -0.341 e. The van der Waals surface area contributed by atoms with Crippen molar-refractivity contribution < 1.29 is 17.2 Å². The zero-order valence-electron chi connectivity index (χ0n) is 16.2. The molecule has 158 valence electrons. The van der Waals surface area contributed by atoms with E-state index in [1.54, 1.807) is 12.1 Å². The average Bonchev–Trinajstić information content (AvgIpc) is 3.46. The van der Waals surface area contributed by atoms with Gasteiger partial charge in [0.2, 0.25) is 15.8 Å². The van der Waals surface area contributed by atoms with Gasteiger partial charge in [-0.25, -0.2) is 8.42 Å². The third kappa shape index (κ3) is 4.42. The third-order valence-electron chi connectivity index (χ3n) is 5.48. The number of halogens is 2. The summed E-state index contributed by atoms with van der Waals surface area (Å²) in [4.78, 5) is 1.96. The van der Waals surface area contributed by atoms with Crippen molar-refractivity contribution in [1.29, 1.82) is 0 Å². The second-order valence-electron chi connectivity index (χ2n) is 7.79. The standard InChI is InChI=1S/C19H24F2N4O2S2/c1-13-8-10-24(11-9-13)18-22-23-19(25(18)15-4-5-15)28-12-14-2-6-16(7-3-14)29(26,27)17(20)21/h2-3,6-7,13,15,17H,4-5,8-12H2,1H3. The molecule has 2 heterocycles. The highest BCUT2D eigenvalue weighted by Gasteiger charge is 2.32. The van der Waals surface area contributed by atoms with Gasteiger partial charge in [-0.05, 0) is 49.3 Å². The van der Waals surface area contributed by atoms with E-state index in [1.165, 1.54) is 23.9 Å². The Morgan fingerprint density at radius 1 is 1.10 bits per heavy atom. The maximum absolute atomic E-state index is 12.7. The van der Waals surface area contributed by atoms with E-state index in [-0.39, 0.29) is 4.90 Å². The second-order valence-corrected chi connectivity index (χ2v) is 10.7. The van der Waals surface area contributed by atoms with Crippen LogP contribution >= 0.6 is 11.8 Å². The predicted molar refractivity (Wildman–Crippen MR) is 108 cm³/mol. The Morgan fingerprint density at radius 2 is 1.76 bits per heavy atom. The quantitative estimate of drug-likeness (QED) is 0.601.